The minimum Gasteiger partial charge on any atom is -0.309 e. The molecule has 11 aromatic rings. The van der Waals surface area contributed by atoms with Gasteiger partial charge in [-0.3, -0.25) is 14.5 Å². The highest BCUT2D eigenvalue weighted by atomic mass is 15.2. The molecule has 0 unspecified atom stereocenters. The summed E-state index contributed by atoms with van der Waals surface area (Å²) in [4.78, 5) is 24.0. The van der Waals surface area contributed by atoms with Gasteiger partial charge in [-0.15, -0.1) is 0 Å². The van der Waals surface area contributed by atoms with E-state index in [0.717, 1.165) is 38.6 Å². The topological polar surface area (TPSA) is 74.3 Å². The maximum atomic E-state index is 5.01. The quantitative estimate of drug-likeness (QED) is 0.171. The SMILES string of the molecule is c1ccc(-c2ccc(-n3c4ccccc4c4cc(-c5ccc6c(c5)c5ccccc5n6-c5nc(-c6ccccn6)nc(-c6ccccn6)n5)ccc43)cc2)cc1. The number of fused-ring (bicyclic) bond motifs is 6. The van der Waals surface area contributed by atoms with E-state index in [4.69, 9.17) is 15.0 Å². The maximum Gasteiger partial charge on any atom is 0.238 e. The molecule has 0 aliphatic rings. The molecule has 0 radical (unpaired) electrons. The van der Waals surface area contributed by atoms with Gasteiger partial charge in [-0.25, -0.2) is 4.98 Å². The van der Waals surface area contributed by atoms with E-state index in [1.165, 1.54) is 32.9 Å². The second-order valence-electron chi connectivity index (χ2n) is 13.8. The molecule has 262 valence electrons. The number of aromatic nitrogens is 7. The van der Waals surface area contributed by atoms with E-state index in [1.54, 1.807) is 12.4 Å². The van der Waals surface area contributed by atoms with Crippen LogP contribution in [-0.4, -0.2) is 34.1 Å². The molecular weight excluding hydrogens is 687 g/mol. The third kappa shape index (κ3) is 5.25. The van der Waals surface area contributed by atoms with Crippen LogP contribution in [0, 0.1) is 0 Å². The minimum absolute atomic E-state index is 0.485. The second kappa shape index (κ2) is 13.0. The van der Waals surface area contributed by atoms with Crippen molar-refractivity contribution < 1.29 is 0 Å². The lowest BCUT2D eigenvalue weighted by Gasteiger charge is -2.11. The first-order valence-electron chi connectivity index (χ1n) is 18.6. The van der Waals surface area contributed by atoms with Gasteiger partial charge in [0.1, 0.15) is 11.4 Å². The largest absolute Gasteiger partial charge is 0.309 e. The number of para-hydroxylation sites is 2. The molecule has 0 fully saturated rings. The number of rotatable bonds is 6. The summed E-state index contributed by atoms with van der Waals surface area (Å²) in [5, 5.41) is 4.65. The summed E-state index contributed by atoms with van der Waals surface area (Å²) < 4.78 is 4.49. The first-order chi connectivity index (χ1) is 27.8. The molecule has 0 aliphatic heterocycles. The van der Waals surface area contributed by atoms with Crippen LogP contribution in [0.1, 0.15) is 0 Å². The molecule has 0 amide bonds. The Balaban J connectivity index is 1.06. The fraction of sp³-hybridized carbons (Fsp3) is 0. The number of hydrogen-bond acceptors (Lipinski definition) is 5. The standard InChI is InChI=1S/C49H31N7/c1-2-12-32(13-3-1)33-20-24-36(25-21-33)55-43-18-6-4-14-37(43)39-30-34(22-26-45(39)55)35-23-27-46-40(31-35)38-15-5-7-19-44(38)56(46)49-53-47(41-16-8-10-28-50-41)52-48(54-49)42-17-9-11-29-51-42/h1-31H. The summed E-state index contributed by atoms with van der Waals surface area (Å²) in [5.41, 5.74) is 11.5. The molecule has 0 atom stereocenters. The van der Waals surface area contributed by atoms with Gasteiger partial charge in [0.05, 0.1) is 22.1 Å². The predicted molar refractivity (Wildman–Crippen MR) is 226 cm³/mol. The van der Waals surface area contributed by atoms with Crippen molar-refractivity contribution in [2.75, 3.05) is 0 Å². The molecule has 5 heterocycles. The van der Waals surface area contributed by atoms with Gasteiger partial charge in [-0.1, -0.05) is 103 Å². The maximum absolute atomic E-state index is 5.01. The molecule has 7 heteroatoms. The van der Waals surface area contributed by atoms with Gasteiger partial charge in [0.2, 0.25) is 5.95 Å². The summed E-state index contributed by atoms with van der Waals surface area (Å²) in [7, 11) is 0. The Morgan fingerprint density at radius 3 is 1.36 bits per heavy atom. The molecule has 7 nitrogen and oxygen atoms in total. The van der Waals surface area contributed by atoms with Gasteiger partial charge >= 0.3 is 0 Å². The molecule has 0 saturated heterocycles. The van der Waals surface area contributed by atoms with Crippen molar-refractivity contribution in [1.82, 2.24) is 34.1 Å². The number of hydrogen-bond donors (Lipinski definition) is 0. The van der Waals surface area contributed by atoms with E-state index in [2.05, 4.69) is 159 Å². The third-order valence-electron chi connectivity index (χ3n) is 10.5. The zero-order valence-electron chi connectivity index (χ0n) is 30.0. The Kier molecular flexibility index (Phi) is 7.35. The number of benzene rings is 6. The van der Waals surface area contributed by atoms with Gasteiger partial charge in [-0.05, 0) is 95.1 Å². The summed E-state index contributed by atoms with van der Waals surface area (Å²) in [6.07, 6.45) is 3.50. The van der Waals surface area contributed by atoms with Gasteiger partial charge in [0.25, 0.3) is 0 Å². The van der Waals surface area contributed by atoms with Crippen LogP contribution in [0.3, 0.4) is 0 Å². The first-order valence-corrected chi connectivity index (χ1v) is 18.6. The predicted octanol–water partition coefficient (Wildman–Crippen LogP) is 11.5. The molecule has 11 rings (SSSR count). The van der Waals surface area contributed by atoms with Crippen molar-refractivity contribution in [3.8, 4) is 56.9 Å². The van der Waals surface area contributed by atoms with Crippen molar-refractivity contribution in [1.29, 1.82) is 0 Å². The van der Waals surface area contributed by atoms with Gasteiger partial charge in [0.15, 0.2) is 11.6 Å². The lowest BCUT2D eigenvalue weighted by Crippen LogP contribution is -2.07. The van der Waals surface area contributed by atoms with E-state index in [0.29, 0.717) is 29.0 Å². The molecule has 6 aromatic carbocycles. The summed E-state index contributed by atoms with van der Waals surface area (Å²) in [6, 6.07) is 61.4. The molecule has 0 aliphatic carbocycles. The Hall–Kier alpha value is -7.77. The zero-order valence-corrected chi connectivity index (χ0v) is 30.0. The summed E-state index contributed by atoms with van der Waals surface area (Å²) in [5.74, 6) is 1.48. The van der Waals surface area contributed by atoms with Gasteiger partial charge in [0, 0.05) is 39.6 Å². The highest BCUT2D eigenvalue weighted by Gasteiger charge is 2.20. The normalized spacial score (nSPS) is 11.6. The molecular formula is C49H31N7. The monoisotopic (exact) mass is 717 g/mol. The second-order valence-corrected chi connectivity index (χ2v) is 13.8. The van der Waals surface area contributed by atoms with E-state index in [9.17, 15) is 0 Å². The van der Waals surface area contributed by atoms with E-state index >= 15 is 0 Å². The van der Waals surface area contributed by atoms with Gasteiger partial charge in [-0.2, -0.15) is 9.97 Å². The Morgan fingerprint density at radius 1 is 0.321 bits per heavy atom. The van der Waals surface area contributed by atoms with Crippen LogP contribution in [0.5, 0.6) is 0 Å². The molecule has 5 aromatic heterocycles. The number of pyridine rings is 2. The Labute approximate surface area is 321 Å². The van der Waals surface area contributed by atoms with E-state index < -0.39 is 0 Å². The van der Waals surface area contributed by atoms with Crippen molar-refractivity contribution in [3.05, 3.63) is 188 Å². The van der Waals surface area contributed by atoms with Crippen molar-refractivity contribution >= 4 is 43.6 Å². The van der Waals surface area contributed by atoms with Crippen LogP contribution in [-0.2, 0) is 0 Å². The lowest BCUT2D eigenvalue weighted by atomic mass is 10.0. The fourth-order valence-electron chi connectivity index (χ4n) is 7.92. The third-order valence-corrected chi connectivity index (χ3v) is 10.5. The Morgan fingerprint density at radius 2 is 0.786 bits per heavy atom. The van der Waals surface area contributed by atoms with Crippen LogP contribution in [0.4, 0.5) is 0 Å². The Bertz CT molecular complexity index is 3170. The molecule has 0 saturated carbocycles. The highest BCUT2D eigenvalue weighted by Crippen LogP contribution is 2.38. The van der Waals surface area contributed by atoms with Crippen LogP contribution in [0.2, 0.25) is 0 Å². The van der Waals surface area contributed by atoms with Gasteiger partial charge < -0.3 is 4.57 Å². The zero-order chi connectivity index (χ0) is 37.0. The molecule has 0 N–H and O–H groups in total. The summed E-state index contributed by atoms with van der Waals surface area (Å²) >= 11 is 0. The van der Waals surface area contributed by atoms with Crippen LogP contribution in [0.15, 0.2) is 188 Å². The summed E-state index contributed by atoms with van der Waals surface area (Å²) in [6.45, 7) is 0. The first kappa shape index (κ1) is 31.7. The van der Waals surface area contributed by atoms with E-state index in [1.807, 2.05) is 36.4 Å². The minimum atomic E-state index is 0.485. The molecule has 56 heavy (non-hydrogen) atoms. The molecule has 0 bridgehead atoms. The van der Waals surface area contributed by atoms with Crippen molar-refractivity contribution in [2.45, 2.75) is 0 Å². The van der Waals surface area contributed by atoms with Crippen molar-refractivity contribution in [2.24, 2.45) is 0 Å². The van der Waals surface area contributed by atoms with Crippen LogP contribution >= 0.6 is 0 Å². The molecule has 0 spiro atoms. The fourth-order valence-corrected chi connectivity index (χ4v) is 7.92. The van der Waals surface area contributed by atoms with E-state index in [-0.39, 0.29) is 0 Å². The number of nitrogens with zero attached hydrogens (tertiary/aromatic N) is 7. The average molecular weight is 718 g/mol. The lowest BCUT2D eigenvalue weighted by molar-refractivity contribution is 0.943. The highest BCUT2D eigenvalue weighted by molar-refractivity contribution is 6.12. The van der Waals surface area contributed by atoms with Crippen molar-refractivity contribution in [3.63, 3.8) is 0 Å². The van der Waals surface area contributed by atoms with Crippen LogP contribution in [0.25, 0.3) is 101 Å². The average Bonchev–Trinajstić information content (AvgIpc) is 3.79. The smallest absolute Gasteiger partial charge is 0.238 e. The van der Waals surface area contributed by atoms with Crippen LogP contribution < -0.4 is 0 Å².